The minimum Gasteiger partial charge on any atom is -0.369 e. The first-order chi connectivity index (χ1) is 9.60. The summed E-state index contributed by atoms with van der Waals surface area (Å²) in [7, 11) is 0. The van der Waals surface area contributed by atoms with Crippen molar-refractivity contribution in [3.63, 3.8) is 0 Å². The highest BCUT2D eigenvalue weighted by Gasteiger charge is 2.07. The van der Waals surface area contributed by atoms with Crippen molar-refractivity contribution in [3.05, 3.63) is 58.5 Å². The maximum Gasteiger partial charge on any atom is 0.144 e. The number of nitrogens with one attached hydrogen (secondary N) is 1. The molecule has 2 aromatic rings. The Morgan fingerprint density at radius 3 is 2.80 bits per heavy atom. The van der Waals surface area contributed by atoms with Gasteiger partial charge >= 0.3 is 0 Å². The van der Waals surface area contributed by atoms with E-state index in [1.807, 2.05) is 26.0 Å². The highest BCUT2D eigenvalue weighted by Crippen LogP contribution is 2.17. The number of benzene rings is 1. The van der Waals surface area contributed by atoms with Crippen LogP contribution in [0, 0.1) is 31.0 Å². The second-order valence-corrected chi connectivity index (χ2v) is 4.72. The van der Waals surface area contributed by atoms with Gasteiger partial charge in [-0.1, -0.05) is 12.1 Å². The van der Waals surface area contributed by atoms with Crippen LogP contribution in [0.2, 0.25) is 0 Å². The smallest absolute Gasteiger partial charge is 0.144 e. The maximum atomic E-state index is 13.1. The molecular formula is C16H16FN3. The van der Waals surface area contributed by atoms with E-state index in [2.05, 4.69) is 16.4 Å². The predicted molar refractivity (Wildman–Crippen MR) is 77.0 cm³/mol. The lowest BCUT2D eigenvalue weighted by molar-refractivity contribution is 0.625. The summed E-state index contributed by atoms with van der Waals surface area (Å²) in [5.74, 6) is 0.367. The summed E-state index contributed by atoms with van der Waals surface area (Å²) < 4.78 is 13.1. The Bertz CT molecular complexity index is 659. The Balaban J connectivity index is 2.06. The van der Waals surface area contributed by atoms with Gasteiger partial charge in [0.15, 0.2) is 0 Å². The minimum atomic E-state index is -0.232. The molecule has 0 fully saturated rings. The van der Waals surface area contributed by atoms with Crippen molar-refractivity contribution in [2.45, 2.75) is 20.3 Å². The van der Waals surface area contributed by atoms with Gasteiger partial charge in [-0.25, -0.2) is 9.37 Å². The van der Waals surface area contributed by atoms with E-state index in [0.29, 0.717) is 24.3 Å². The molecule has 102 valence electrons. The van der Waals surface area contributed by atoms with E-state index in [-0.39, 0.29) is 5.82 Å². The molecule has 1 N–H and O–H groups in total. The van der Waals surface area contributed by atoms with Crippen LogP contribution < -0.4 is 5.32 Å². The van der Waals surface area contributed by atoms with Gasteiger partial charge in [0.25, 0.3) is 0 Å². The summed E-state index contributed by atoms with van der Waals surface area (Å²) in [5, 5.41) is 12.3. The summed E-state index contributed by atoms with van der Waals surface area (Å²) in [6.45, 7) is 4.39. The van der Waals surface area contributed by atoms with E-state index in [4.69, 9.17) is 5.26 Å². The summed E-state index contributed by atoms with van der Waals surface area (Å²) in [4.78, 5) is 4.35. The summed E-state index contributed by atoms with van der Waals surface area (Å²) in [6.07, 6.45) is 0.678. The van der Waals surface area contributed by atoms with Gasteiger partial charge in [0.05, 0.1) is 5.56 Å². The van der Waals surface area contributed by atoms with Crippen molar-refractivity contribution >= 4 is 5.82 Å². The van der Waals surface area contributed by atoms with Gasteiger partial charge in [-0.15, -0.1) is 0 Å². The zero-order chi connectivity index (χ0) is 14.5. The van der Waals surface area contributed by atoms with Crippen molar-refractivity contribution in [1.29, 1.82) is 5.26 Å². The zero-order valence-corrected chi connectivity index (χ0v) is 11.6. The standard InChI is InChI=1S/C16H16FN3/c1-11-8-12(2)20-16(15(11)10-18)19-7-6-13-4-3-5-14(17)9-13/h3-5,8-9H,6-7H2,1-2H3,(H,19,20). The maximum absolute atomic E-state index is 13.1. The third-order valence-corrected chi connectivity index (χ3v) is 3.05. The number of nitrogens with zero attached hydrogens (tertiary/aromatic N) is 2. The molecule has 0 atom stereocenters. The molecule has 0 aliphatic carbocycles. The second kappa shape index (κ2) is 6.16. The van der Waals surface area contributed by atoms with Crippen LogP contribution in [0.4, 0.5) is 10.2 Å². The SMILES string of the molecule is Cc1cc(C)c(C#N)c(NCCc2cccc(F)c2)n1. The number of anilines is 1. The van der Waals surface area contributed by atoms with Crippen LogP contribution in [0.5, 0.6) is 0 Å². The average Bonchev–Trinajstić information content (AvgIpc) is 2.38. The molecule has 0 saturated carbocycles. The normalized spacial score (nSPS) is 10.1. The highest BCUT2D eigenvalue weighted by molar-refractivity contribution is 5.56. The van der Waals surface area contributed by atoms with Crippen molar-refractivity contribution < 1.29 is 4.39 Å². The molecule has 0 amide bonds. The Morgan fingerprint density at radius 2 is 2.10 bits per heavy atom. The molecular weight excluding hydrogens is 253 g/mol. The lowest BCUT2D eigenvalue weighted by Gasteiger charge is -2.10. The minimum absolute atomic E-state index is 0.232. The van der Waals surface area contributed by atoms with Crippen LogP contribution in [0.3, 0.4) is 0 Å². The van der Waals surface area contributed by atoms with E-state index >= 15 is 0 Å². The largest absolute Gasteiger partial charge is 0.369 e. The van der Waals surface area contributed by atoms with Crippen LogP contribution in [-0.2, 0) is 6.42 Å². The third-order valence-electron chi connectivity index (χ3n) is 3.05. The van der Waals surface area contributed by atoms with Gasteiger partial charge in [-0.05, 0) is 49.6 Å². The number of hydrogen-bond donors (Lipinski definition) is 1. The number of rotatable bonds is 4. The first-order valence-electron chi connectivity index (χ1n) is 6.47. The lowest BCUT2D eigenvalue weighted by atomic mass is 10.1. The molecule has 0 aliphatic heterocycles. The van der Waals surface area contributed by atoms with Crippen LogP contribution in [0.25, 0.3) is 0 Å². The fourth-order valence-electron chi connectivity index (χ4n) is 2.12. The number of halogens is 1. The molecule has 2 rings (SSSR count). The fraction of sp³-hybridized carbons (Fsp3) is 0.250. The molecule has 0 bridgehead atoms. The Labute approximate surface area is 118 Å². The van der Waals surface area contributed by atoms with Crippen molar-refractivity contribution in [3.8, 4) is 6.07 Å². The Kier molecular flexibility index (Phi) is 4.31. The molecule has 20 heavy (non-hydrogen) atoms. The number of aromatic nitrogens is 1. The first-order valence-corrected chi connectivity index (χ1v) is 6.47. The van der Waals surface area contributed by atoms with E-state index in [9.17, 15) is 4.39 Å². The summed E-state index contributed by atoms with van der Waals surface area (Å²) in [5.41, 5.74) is 3.26. The number of hydrogen-bond acceptors (Lipinski definition) is 3. The summed E-state index contributed by atoms with van der Waals surface area (Å²) in [6, 6.07) is 10.6. The average molecular weight is 269 g/mol. The molecule has 3 nitrogen and oxygen atoms in total. The predicted octanol–water partition coefficient (Wildman–Crippen LogP) is 3.36. The third kappa shape index (κ3) is 3.33. The van der Waals surface area contributed by atoms with E-state index in [1.165, 1.54) is 12.1 Å². The Hall–Kier alpha value is -2.41. The van der Waals surface area contributed by atoms with Crippen molar-refractivity contribution in [2.75, 3.05) is 11.9 Å². The van der Waals surface area contributed by atoms with E-state index in [1.54, 1.807) is 6.07 Å². The van der Waals surface area contributed by atoms with Gasteiger partial charge < -0.3 is 5.32 Å². The fourth-order valence-corrected chi connectivity index (χ4v) is 2.12. The number of aryl methyl sites for hydroxylation is 2. The van der Waals surface area contributed by atoms with E-state index < -0.39 is 0 Å². The summed E-state index contributed by atoms with van der Waals surface area (Å²) >= 11 is 0. The van der Waals surface area contributed by atoms with E-state index in [0.717, 1.165) is 16.8 Å². The topological polar surface area (TPSA) is 48.7 Å². The Morgan fingerprint density at radius 1 is 1.30 bits per heavy atom. The molecule has 4 heteroatoms. The van der Waals surface area contributed by atoms with Gasteiger partial charge in [0.2, 0.25) is 0 Å². The first kappa shape index (κ1) is 14.0. The molecule has 1 aromatic carbocycles. The highest BCUT2D eigenvalue weighted by atomic mass is 19.1. The van der Waals surface area contributed by atoms with Gasteiger partial charge in [0.1, 0.15) is 17.7 Å². The molecule has 1 heterocycles. The lowest BCUT2D eigenvalue weighted by Crippen LogP contribution is -2.09. The van der Waals surface area contributed by atoms with Crippen LogP contribution in [0.1, 0.15) is 22.4 Å². The molecule has 0 spiro atoms. The number of pyridine rings is 1. The monoisotopic (exact) mass is 269 g/mol. The molecule has 0 radical (unpaired) electrons. The van der Waals surface area contributed by atoms with Crippen LogP contribution >= 0.6 is 0 Å². The van der Waals surface area contributed by atoms with Crippen LogP contribution in [0.15, 0.2) is 30.3 Å². The van der Waals surface area contributed by atoms with Gasteiger partial charge in [-0.3, -0.25) is 0 Å². The second-order valence-electron chi connectivity index (χ2n) is 4.72. The number of nitriles is 1. The molecule has 0 unspecified atom stereocenters. The van der Waals surface area contributed by atoms with Gasteiger partial charge in [-0.2, -0.15) is 5.26 Å². The van der Waals surface area contributed by atoms with Gasteiger partial charge in [0, 0.05) is 12.2 Å². The van der Waals surface area contributed by atoms with Crippen molar-refractivity contribution in [1.82, 2.24) is 4.98 Å². The molecule has 0 saturated heterocycles. The zero-order valence-electron chi connectivity index (χ0n) is 11.6. The molecule has 0 aliphatic rings. The van der Waals surface area contributed by atoms with Crippen LogP contribution in [-0.4, -0.2) is 11.5 Å². The van der Waals surface area contributed by atoms with Crippen molar-refractivity contribution in [2.24, 2.45) is 0 Å². The quantitative estimate of drug-likeness (QED) is 0.925. The molecule has 1 aromatic heterocycles.